The summed E-state index contributed by atoms with van der Waals surface area (Å²) >= 11 is 0. The van der Waals surface area contributed by atoms with Crippen molar-refractivity contribution in [1.29, 1.82) is 0 Å². The predicted molar refractivity (Wildman–Crippen MR) is 90.8 cm³/mol. The zero-order valence-corrected chi connectivity index (χ0v) is 14.2. The van der Waals surface area contributed by atoms with E-state index in [4.69, 9.17) is 0 Å². The summed E-state index contributed by atoms with van der Waals surface area (Å²) in [6.45, 7) is 8.80. The van der Waals surface area contributed by atoms with Gasteiger partial charge < -0.3 is 0 Å². The van der Waals surface area contributed by atoms with Crippen LogP contribution in [0.15, 0.2) is 36.0 Å². The van der Waals surface area contributed by atoms with Crippen LogP contribution < -0.4 is 0 Å². The van der Waals surface area contributed by atoms with E-state index in [9.17, 15) is 9.59 Å². The Balaban J connectivity index is 1.76. The standard InChI is InChI=1S/C21H26O2/c1-13-11-15-16-5-4-6-19(23)21(16,3)10-8-17(15)20(2)9-7-14(22)12-18(13)20/h7,9,12,15-17H,1,4-6,8,10-11H2,2-3H3. The van der Waals surface area contributed by atoms with Gasteiger partial charge in [0.15, 0.2) is 5.78 Å². The highest BCUT2D eigenvalue weighted by Crippen LogP contribution is 2.63. The molecule has 0 radical (unpaired) electrons. The van der Waals surface area contributed by atoms with E-state index >= 15 is 0 Å². The molecule has 0 aromatic carbocycles. The monoisotopic (exact) mass is 310 g/mol. The van der Waals surface area contributed by atoms with Gasteiger partial charge >= 0.3 is 0 Å². The Hall–Kier alpha value is -1.44. The summed E-state index contributed by atoms with van der Waals surface area (Å²) in [6, 6.07) is 0. The lowest BCUT2D eigenvalue weighted by Gasteiger charge is -2.58. The molecular formula is C21H26O2. The van der Waals surface area contributed by atoms with Gasteiger partial charge in [-0.15, -0.1) is 0 Å². The van der Waals surface area contributed by atoms with Gasteiger partial charge in [0.05, 0.1) is 0 Å². The van der Waals surface area contributed by atoms with Crippen LogP contribution in [0, 0.1) is 28.6 Å². The van der Waals surface area contributed by atoms with Gasteiger partial charge in [-0.3, -0.25) is 9.59 Å². The van der Waals surface area contributed by atoms with E-state index in [1.807, 2.05) is 0 Å². The molecule has 0 aromatic rings. The highest BCUT2D eigenvalue weighted by Gasteiger charge is 2.57. The van der Waals surface area contributed by atoms with Gasteiger partial charge in [-0.2, -0.15) is 0 Å². The number of carbonyl (C=O) groups excluding carboxylic acids is 2. The van der Waals surface area contributed by atoms with Crippen LogP contribution in [-0.4, -0.2) is 11.6 Å². The normalized spacial score (nSPS) is 45.9. The number of hydrogen-bond acceptors (Lipinski definition) is 2. The second-order valence-corrected chi connectivity index (χ2v) is 8.53. The minimum Gasteiger partial charge on any atom is -0.299 e. The summed E-state index contributed by atoms with van der Waals surface area (Å²) in [5, 5.41) is 0. The van der Waals surface area contributed by atoms with Gasteiger partial charge in [0.1, 0.15) is 5.78 Å². The van der Waals surface area contributed by atoms with E-state index in [0.29, 0.717) is 23.5 Å². The Morgan fingerprint density at radius 3 is 2.74 bits per heavy atom. The van der Waals surface area contributed by atoms with E-state index in [2.05, 4.69) is 26.5 Å². The fourth-order valence-corrected chi connectivity index (χ4v) is 6.18. The Labute approximate surface area is 138 Å². The minimum absolute atomic E-state index is 0.0737. The van der Waals surface area contributed by atoms with Gasteiger partial charge in [0.2, 0.25) is 0 Å². The molecular weight excluding hydrogens is 284 g/mol. The molecule has 4 aliphatic rings. The Kier molecular flexibility index (Phi) is 3.14. The van der Waals surface area contributed by atoms with Crippen molar-refractivity contribution in [2.45, 2.75) is 52.4 Å². The van der Waals surface area contributed by atoms with Gasteiger partial charge in [-0.1, -0.05) is 32.1 Å². The Bertz CT molecular complexity index is 667. The van der Waals surface area contributed by atoms with Crippen molar-refractivity contribution in [2.75, 3.05) is 0 Å². The van der Waals surface area contributed by atoms with Crippen LogP contribution in [0.1, 0.15) is 52.4 Å². The quantitative estimate of drug-likeness (QED) is 0.663. The molecule has 0 spiro atoms. The molecule has 0 aromatic heterocycles. The zero-order chi connectivity index (χ0) is 16.4. The first-order valence-corrected chi connectivity index (χ1v) is 9.03. The van der Waals surface area contributed by atoms with Gasteiger partial charge in [-0.05, 0) is 67.6 Å². The van der Waals surface area contributed by atoms with Crippen molar-refractivity contribution >= 4 is 11.6 Å². The number of fused-ring (bicyclic) bond motifs is 5. The van der Waals surface area contributed by atoms with Crippen LogP contribution in [-0.2, 0) is 9.59 Å². The lowest BCUT2D eigenvalue weighted by atomic mass is 9.45. The first kappa shape index (κ1) is 15.1. The highest BCUT2D eigenvalue weighted by molar-refractivity contribution is 6.02. The molecule has 0 N–H and O–H groups in total. The average Bonchev–Trinajstić information content (AvgIpc) is 2.50. The molecule has 2 nitrogen and oxygen atoms in total. The van der Waals surface area contributed by atoms with E-state index in [1.54, 1.807) is 12.2 Å². The fourth-order valence-electron chi connectivity index (χ4n) is 6.18. The van der Waals surface area contributed by atoms with Crippen molar-refractivity contribution in [1.82, 2.24) is 0 Å². The van der Waals surface area contributed by atoms with Crippen LogP contribution in [0.3, 0.4) is 0 Å². The molecule has 0 aliphatic heterocycles. The molecule has 5 unspecified atom stereocenters. The summed E-state index contributed by atoms with van der Waals surface area (Å²) in [7, 11) is 0. The largest absolute Gasteiger partial charge is 0.299 e. The molecule has 3 fully saturated rings. The van der Waals surface area contributed by atoms with E-state index < -0.39 is 0 Å². The van der Waals surface area contributed by atoms with E-state index in [0.717, 1.165) is 43.3 Å². The number of rotatable bonds is 0. The van der Waals surface area contributed by atoms with Crippen molar-refractivity contribution in [3.8, 4) is 0 Å². The minimum atomic E-state index is -0.120. The Morgan fingerprint density at radius 2 is 1.96 bits per heavy atom. The molecule has 2 heteroatoms. The van der Waals surface area contributed by atoms with Crippen LogP contribution in [0.2, 0.25) is 0 Å². The highest BCUT2D eigenvalue weighted by atomic mass is 16.1. The van der Waals surface area contributed by atoms with Crippen LogP contribution in [0.25, 0.3) is 0 Å². The van der Waals surface area contributed by atoms with Gasteiger partial charge in [0, 0.05) is 17.3 Å². The zero-order valence-electron chi connectivity index (χ0n) is 14.2. The molecule has 3 saturated carbocycles. The first-order valence-electron chi connectivity index (χ1n) is 9.03. The Morgan fingerprint density at radius 1 is 1.17 bits per heavy atom. The maximum Gasteiger partial charge on any atom is 0.178 e. The average molecular weight is 310 g/mol. The van der Waals surface area contributed by atoms with Crippen LogP contribution in [0.5, 0.6) is 0 Å². The molecule has 0 bridgehead atoms. The number of hydrogen-bond donors (Lipinski definition) is 0. The molecule has 0 heterocycles. The smallest absolute Gasteiger partial charge is 0.178 e. The molecule has 5 atom stereocenters. The number of allylic oxidation sites excluding steroid dienone is 5. The second kappa shape index (κ2) is 4.78. The fraction of sp³-hybridized carbons (Fsp3) is 0.619. The summed E-state index contributed by atoms with van der Waals surface area (Å²) in [5.41, 5.74) is 2.08. The molecule has 23 heavy (non-hydrogen) atoms. The third kappa shape index (κ3) is 1.93. The summed E-state index contributed by atoms with van der Waals surface area (Å²) < 4.78 is 0. The third-order valence-corrected chi connectivity index (χ3v) is 7.48. The van der Waals surface area contributed by atoms with Crippen molar-refractivity contribution in [2.24, 2.45) is 28.6 Å². The topological polar surface area (TPSA) is 34.1 Å². The van der Waals surface area contributed by atoms with Crippen molar-refractivity contribution < 1.29 is 9.59 Å². The van der Waals surface area contributed by atoms with Crippen LogP contribution in [0.4, 0.5) is 0 Å². The SMILES string of the molecule is C=C1CC2C(CCC3(C)C(=O)CCCC23)C2(C)C=CC(=O)C=C12. The molecule has 122 valence electrons. The molecule has 4 aliphatic carbocycles. The predicted octanol–water partition coefficient (Wildman–Crippen LogP) is 4.42. The van der Waals surface area contributed by atoms with Crippen LogP contribution >= 0.6 is 0 Å². The molecule has 0 saturated heterocycles. The van der Waals surface area contributed by atoms with E-state index in [1.165, 1.54) is 6.42 Å². The van der Waals surface area contributed by atoms with E-state index in [-0.39, 0.29) is 16.6 Å². The maximum atomic E-state index is 12.6. The molecule has 4 rings (SSSR count). The van der Waals surface area contributed by atoms with Gasteiger partial charge in [0.25, 0.3) is 0 Å². The number of ketones is 2. The maximum absolute atomic E-state index is 12.6. The summed E-state index contributed by atoms with van der Waals surface area (Å²) in [5.74, 6) is 2.13. The lowest BCUT2D eigenvalue weighted by molar-refractivity contribution is -0.143. The van der Waals surface area contributed by atoms with Crippen molar-refractivity contribution in [3.63, 3.8) is 0 Å². The third-order valence-electron chi connectivity index (χ3n) is 7.48. The molecule has 0 amide bonds. The second-order valence-electron chi connectivity index (χ2n) is 8.53. The first-order chi connectivity index (χ1) is 10.9. The summed E-state index contributed by atoms with van der Waals surface area (Å²) in [4.78, 5) is 24.5. The number of Topliss-reactive ketones (excluding diaryl/α,β-unsaturated/α-hetero) is 1. The summed E-state index contributed by atoms with van der Waals surface area (Å²) in [6.07, 6.45) is 11.7. The number of carbonyl (C=O) groups is 2. The van der Waals surface area contributed by atoms with Gasteiger partial charge in [-0.25, -0.2) is 0 Å². The van der Waals surface area contributed by atoms with Crippen molar-refractivity contribution in [3.05, 3.63) is 36.0 Å². The lowest BCUT2D eigenvalue weighted by Crippen LogP contribution is -2.54.